The van der Waals surface area contributed by atoms with Crippen LogP contribution in [0.2, 0.25) is 0 Å². The van der Waals surface area contributed by atoms with E-state index in [0.717, 1.165) is 10.9 Å². The summed E-state index contributed by atoms with van der Waals surface area (Å²) in [7, 11) is 0. The van der Waals surface area contributed by atoms with E-state index in [1.54, 1.807) is 18.3 Å². The zero-order valence-electron chi connectivity index (χ0n) is 10.0. The highest BCUT2D eigenvalue weighted by atomic mass is 19.4. The van der Waals surface area contributed by atoms with Crippen LogP contribution in [0, 0.1) is 0 Å². The second kappa shape index (κ2) is 4.65. The lowest BCUT2D eigenvalue weighted by molar-refractivity contribution is -0.139. The fourth-order valence-corrected chi connectivity index (χ4v) is 2.16. The van der Waals surface area contributed by atoms with Gasteiger partial charge in [0.1, 0.15) is 6.54 Å². The van der Waals surface area contributed by atoms with Crippen molar-refractivity contribution < 1.29 is 13.2 Å². The van der Waals surface area contributed by atoms with E-state index in [0.29, 0.717) is 11.9 Å². The molecule has 1 aromatic heterocycles. The Bertz CT molecular complexity index is 541. The van der Waals surface area contributed by atoms with Crippen LogP contribution in [0.4, 0.5) is 13.2 Å². The number of nitrogens with zero attached hydrogens (tertiary/aromatic N) is 1. The van der Waals surface area contributed by atoms with E-state index in [2.05, 4.69) is 0 Å². The summed E-state index contributed by atoms with van der Waals surface area (Å²) in [5.74, 6) is 0. The first-order valence-electron chi connectivity index (χ1n) is 5.76. The van der Waals surface area contributed by atoms with Crippen molar-refractivity contribution in [3.63, 3.8) is 0 Å². The lowest BCUT2D eigenvalue weighted by Crippen LogP contribution is -2.18. The molecule has 1 unspecified atom stereocenters. The number of para-hydroxylation sites is 1. The smallest absolute Gasteiger partial charge is 0.338 e. The molecule has 1 atom stereocenters. The number of rotatable bonds is 3. The molecule has 2 N–H and O–H groups in total. The average molecular weight is 256 g/mol. The van der Waals surface area contributed by atoms with E-state index in [-0.39, 0.29) is 6.04 Å². The maximum atomic E-state index is 12.5. The zero-order chi connectivity index (χ0) is 13.3. The van der Waals surface area contributed by atoms with Gasteiger partial charge in [0.25, 0.3) is 0 Å². The Labute approximate surface area is 103 Å². The fraction of sp³-hybridized carbons (Fsp3) is 0.385. The molecule has 2 aromatic rings. The predicted octanol–water partition coefficient (Wildman–Crippen LogP) is 3.09. The minimum Gasteiger partial charge on any atom is -0.338 e. The Hall–Kier alpha value is -1.49. The Balaban J connectivity index is 2.47. The van der Waals surface area contributed by atoms with Crippen LogP contribution in [0.15, 0.2) is 30.5 Å². The van der Waals surface area contributed by atoms with Gasteiger partial charge < -0.3 is 10.3 Å². The van der Waals surface area contributed by atoms with Gasteiger partial charge >= 0.3 is 6.18 Å². The highest BCUT2D eigenvalue weighted by molar-refractivity contribution is 5.84. The van der Waals surface area contributed by atoms with E-state index >= 15 is 0 Å². The summed E-state index contributed by atoms with van der Waals surface area (Å²) in [4.78, 5) is 0. The summed E-state index contributed by atoms with van der Waals surface area (Å²) in [6.45, 7) is 0.877. The van der Waals surface area contributed by atoms with Crippen molar-refractivity contribution in [2.24, 2.45) is 5.73 Å². The van der Waals surface area contributed by atoms with Gasteiger partial charge in [-0.05, 0) is 25.0 Å². The Morgan fingerprint density at radius 2 is 1.94 bits per heavy atom. The average Bonchev–Trinajstić information content (AvgIpc) is 2.54. The molecule has 0 saturated heterocycles. The highest BCUT2D eigenvalue weighted by Gasteiger charge is 2.28. The van der Waals surface area contributed by atoms with Crippen LogP contribution >= 0.6 is 0 Å². The van der Waals surface area contributed by atoms with E-state index in [1.165, 1.54) is 4.57 Å². The Morgan fingerprint density at radius 3 is 2.56 bits per heavy atom. The van der Waals surface area contributed by atoms with E-state index < -0.39 is 12.7 Å². The number of aromatic nitrogens is 1. The normalized spacial score (nSPS) is 14.1. The first kappa shape index (κ1) is 13.0. The topological polar surface area (TPSA) is 30.9 Å². The van der Waals surface area contributed by atoms with Crippen molar-refractivity contribution >= 4 is 10.9 Å². The second-order valence-electron chi connectivity index (χ2n) is 4.60. The molecular weight excluding hydrogens is 241 g/mol. The zero-order valence-corrected chi connectivity index (χ0v) is 10.0. The van der Waals surface area contributed by atoms with Crippen LogP contribution in [0.5, 0.6) is 0 Å². The predicted molar refractivity (Wildman–Crippen MR) is 65.3 cm³/mol. The van der Waals surface area contributed by atoms with Crippen LogP contribution in [-0.4, -0.2) is 16.8 Å². The van der Waals surface area contributed by atoms with Gasteiger partial charge in [-0.3, -0.25) is 0 Å². The van der Waals surface area contributed by atoms with Gasteiger partial charge in [0.05, 0.1) is 0 Å². The SMILES string of the molecule is CC(N)Cc1cn(CC(F)(F)F)c2ccccc12. The second-order valence-corrected chi connectivity index (χ2v) is 4.60. The molecule has 0 aliphatic heterocycles. The van der Waals surface area contributed by atoms with E-state index in [1.807, 2.05) is 19.1 Å². The summed E-state index contributed by atoms with van der Waals surface area (Å²) in [6, 6.07) is 7.02. The molecular formula is C13H15F3N2. The Morgan fingerprint density at radius 1 is 1.28 bits per heavy atom. The molecule has 0 saturated carbocycles. The lowest BCUT2D eigenvalue weighted by Gasteiger charge is -2.08. The summed E-state index contributed by atoms with van der Waals surface area (Å²) >= 11 is 0. The van der Waals surface area contributed by atoms with Crippen molar-refractivity contribution in [3.05, 3.63) is 36.0 Å². The van der Waals surface area contributed by atoms with E-state index in [9.17, 15) is 13.2 Å². The molecule has 18 heavy (non-hydrogen) atoms. The highest BCUT2D eigenvalue weighted by Crippen LogP contribution is 2.26. The van der Waals surface area contributed by atoms with Crippen LogP contribution in [0.3, 0.4) is 0 Å². The number of fused-ring (bicyclic) bond motifs is 1. The third kappa shape index (κ3) is 2.85. The summed E-state index contributed by atoms with van der Waals surface area (Å²) in [5.41, 5.74) is 7.19. The van der Waals surface area contributed by atoms with Crippen LogP contribution in [0.25, 0.3) is 10.9 Å². The molecule has 2 nitrogen and oxygen atoms in total. The third-order valence-electron chi connectivity index (χ3n) is 2.76. The number of halogens is 3. The summed E-state index contributed by atoms with van der Waals surface area (Å²) in [6.07, 6.45) is -2.08. The third-order valence-corrected chi connectivity index (χ3v) is 2.76. The van der Waals surface area contributed by atoms with Crippen molar-refractivity contribution in [3.8, 4) is 0 Å². The number of benzene rings is 1. The van der Waals surface area contributed by atoms with Crippen molar-refractivity contribution in [1.29, 1.82) is 0 Å². The van der Waals surface area contributed by atoms with Gasteiger partial charge in [-0.25, -0.2) is 0 Å². The first-order valence-corrected chi connectivity index (χ1v) is 5.76. The molecule has 0 amide bonds. The maximum absolute atomic E-state index is 12.5. The lowest BCUT2D eigenvalue weighted by atomic mass is 10.1. The number of nitrogens with two attached hydrogens (primary N) is 1. The van der Waals surface area contributed by atoms with Gasteiger partial charge in [-0.2, -0.15) is 13.2 Å². The molecule has 1 heterocycles. The molecule has 0 radical (unpaired) electrons. The number of hydrogen-bond acceptors (Lipinski definition) is 1. The van der Waals surface area contributed by atoms with Gasteiger partial charge in [0, 0.05) is 23.1 Å². The first-order chi connectivity index (χ1) is 8.37. The molecule has 2 rings (SSSR count). The largest absolute Gasteiger partial charge is 0.406 e. The van der Waals surface area contributed by atoms with Gasteiger partial charge in [0.15, 0.2) is 0 Å². The molecule has 98 valence electrons. The monoisotopic (exact) mass is 256 g/mol. The molecule has 5 heteroatoms. The minimum atomic E-state index is -4.21. The minimum absolute atomic E-state index is 0.0739. The summed E-state index contributed by atoms with van der Waals surface area (Å²) < 4.78 is 38.7. The fourth-order valence-electron chi connectivity index (χ4n) is 2.16. The van der Waals surface area contributed by atoms with Gasteiger partial charge in [0.2, 0.25) is 0 Å². The maximum Gasteiger partial charge on any atom is 0.406 e. The standard InChI is InChI=1S/C13H15F3N2/c1-9(17)6-10-7-18(8-13(14,15)16)12-5-3-2-4-11(10)12/h2-5,7,9H,6,8,17H2,1H3. The number of hydrogen-bond donors (Lipinski definition) is 1. The van der Waals surface area contributed by atoms with Crippen LogP contribution in [0.1, 0.15) is 12.5 Å². The Kier molecular flexibility index (Phi) is 3.34. The molecule has 0 aliphatic rings. The van der Waals surface area contributed by atoms with Crippen molar-refractivity contribution in [2.45, 2.75) is 32.1 Å². The van der Waals surface area contributed by atoms with Crippen LogP contribution < -0.4 is 5.73 Å². The summed E-state index contributed by atoms with van der Waals surface area (Å²) in [5, 5.41) is 0.846. The van der Waals surface area contributed by atoms with E-state index in [4.69, 9.17) is 5.73 Å². The molecule has 0 aliphatic carbocycles. The van der Waals surface area contributed by atoms with Crippen molar-refractivity contribution in [1.82, 2.24) is 4.57 Å². The molecule has 0 fully saturated rings. The van der Waals surface area contributed by atoms with Gasteiger partial charge in [-0.15, -0.1) is 0 Å². The van der Waals surface area contributed by atoms with Crippen molar-refractivity contribution in [2.75, 3.05) is 0 Å². The number of alkyl halides is 3. The molecule has 1 aromatic carbocycles. The van der Waals surface area contributed by atoms with Crippen LogP contribution in [-0.2, 0) is 13.0 Å². The molecule has 0 spiro atoms. The van der Waals surface area contributed by atoms with Gasteiger partial charge in [-0.1, -0.05) is 18.2 Å². The molecule has 0 bridgehead atoms. The quantitative estimate of drug-likeness (QED) is 0.898.